The van der Waals surface area contributed by atoms with Crippen LogP contribution in [0, 0.1) is 27.7 Å². The summed E-state index contributed by atoms with van der Waals surface area (Å²) < 4.78 is 25.2. The van der Waals surface area contributed by atoms with E-state index < -0.39 is 9.84 Å². The van der Waals surface area contributed by atoms with Gasteiger partial charge in [0, 0.05) is 30.2 Å². The van der Waals surface area contributed by atoms with Crippen LogP contribution in [0.1, 0.15) is 42.8 Å². The summed E-state index contributed by atoms with van der Waals surface area (Å²) in [5.41, 5.74) is 6.33. The Morgan fingerprint density at radius 1 is 0.833 bits per heavy atom. The van der Waals surface area contributed by atoms with Gasteiger partial charge in [0.1, 0.15) is 17.3 Å². The number of aromatic hydroxyl groups is 1. The number of rotatable bonds is 13. The molecule has 250 valence electrons. The maximum Gasteiger partial charge on any atom is 0.234 e. The molecule has 3 N–H and O–H groups in total. The van der Waals surface area contributed by atoms with Crippen molar-refractivity contribution in [3.63, 3.8) is 0 Å². The molecule has 4 aromatic carbocycles. The number of hydrogen-bond donors (Lipinski definition) is 3. The zero-order chi connectivity index (χ0) is 34.4. The van der Waals surface area contributed by atoms with Crippen LogP contribution in [0.15, 0.2) is 77.0 Å². The van der Waals surface area contributed by atoms with Gasteiger partial charge in [-0.3, -0.25) is 0 Å². The number of aromatic nitrogens is 3. The molecule has 0 atom stereocenters. The minimum Gasteiger partial charge on any atom is -0.507 e. The number of nitrogens with one attached hydrogen (secondary N) is 2. The van der Waals surface area contributed by atoms with Crippen LogP contribution < -0.4 is 15.5 Å². The van der Waals surface area contributed by atoms with Gasteiger partial charge in [-0.05, 0) is 99.5 Å². The molecule has 5 aromatic rings. The van der Waals surface area contributed by atoms with E-state index in [2.05, 4.69) is 30.8 Å². The number of fused-ring (bicyclic) bond motifs is 1. The monoisotopic (exact) mass is 666 g/mol. The first-order valence-electron chi connectivity index (χ1n) is 16.0. The highest BCUT2D eigenvalue weighted by Crippen LogP contribution is 2.41. The van der Waals surface area contributed by atoms with Gasteiger partial charge in [-0.15, -0.1) is 5.11 Å². The van der Waals surface area contributed by atoms with Crippen molar-refractivity contribution in [2.45, 2.75) is 48.0 Å². The van der Waals surface area contributed by atoms with Crippen molar-refractivity contribution >= 4 is 60.9 Å². The van der Waals surface area contributed by atoms with E-state index in [9.17, 15) is 13.5 Å². The molecular weight excluding hydrogens is 625 g/mol. The van der Waals surface area contributed by atoms with Crippen LogP contribution in [0.4, 0.5) is 40.3 Å². The van der Waals surface area contributed by atoms with Crippen molar-refractivity contribution in [1.29, 1.82) is 0 Å². The first kappa shape index (κ1) is 34.2. The number of anilines is 5. The van der Waals surface area contributed by atoms with E-state index >= 15 is 0 Å². The van der Waals surface area contributed by atoms with Gasteiger partial charge in [-0.1, -0.05) is 37.3 Å². The van der Waals surface area contributed by atoms with Gasteiger partial charge in [0.2, 0.25) is 11.9 Å². The average Bonchev–Trinajstić information content (AvgIpc) is 3.03. The zero-order valence-electron chi connectivity index (χ0n) is 28.2. The van der Waals surface area contributed by atoms with Crippen molar-refractivity contribution in [2.75, 3.05) is 40.1 Å². The second-order valence-corrected chi connectivity index (χ2v) is 14.1. The number of benzene rings is 4. The van der Waals surface area contributed by atoms with Crippen molar-refractivity contribution in [3.8, 4) is 5.75 Å². The number of phenolic OH excluding ortho intramolecular Hbond substituents is 1. The first-order chi connectivity index (χ1) is 23.0. The summed E-state index contributed by atoms with van der Waals surface area (Å²) in [6.07, 6.45) is 0.565. The molecule has 0 bridgehead atoms. The molecule has 0 unspecified atom stereocenters. The SMILES string of the molecule is CCCS(=O)(=O)CCN(c1ccccc1)c1nc(C)nc(Nc2cc(C)c(N=Nc3c(NCC)ccc4cc(C)cc(O)c34)cc2C)n1. The van der Waals surface area contributed by atoms with E-state index in [0.717, 1.165) is 39.1 Å². The fourth-order valence-corrected chi connectivity index (χ4v) is 6.80. The molecule has 12 heteroatoms. The summed E-state index contributed by atoms with van der Waals surface area (Å²) in [5, 5.41) is 28.3. The molecule has 0 radical (unpaired) electrons. The molecule has 5 rings (SSSR count). The number of phenols is 1. The molecule has 48 heavy (non-hydrogen) atoms. The summed E-state index contributed by atoms with van der Waals surface area (Å²) in [6, 6.07) is 21.1. The van der Waals surface area contributed by atoms with Gasteiger partial charge in [0.05, 0.1) is 22.5 Å². The highest BCUT2D eigenvalue weighted by Gasteiger charge is 2.19. The van der Waals surface area contributed by atoms with Gasteiger partial charge in [0.15, 0.2) is 9.84 Å². The fourth-order valence-electron chi connectivity index (χ4n) is 5.52. The lowest BCUT2D eigenvalue weighted by atomic mass is 10.0. The van der Waals surface area contributed by atoms with E-state index in [0.29, 0.717) is 47.4 Å². The molecule has 0 saturated carbocycles. The molecule has 0 spiro atoms. The molecule has 0 fully saturated rings. The Balaban J connectivity index is 1.45. The lowest BCUT2D eigenvalue weighted by molar-refractivity contribution is 0.481. The Labute approximate surface area is 282 Å². The van der Waals surface area contributed by atoms with E-state index in [1.807, 2.05) is 100 Å². The molecule has 11 nitrogen and oxygen atoms in total. The largest absolute Gasteiger partial charge is 0.507 e. The van der Waals surface area contributed by atoms with E-state index in [-0.39, 0.29) is 23.8 Å². The molecule has 0 aliphatic carbocycles. The Morgan fingerprint density at radius 2 is 1.60 bits per heavy atom. The number of aryl methyl sites for hydroxylation is 4. The van der Waals surface area contributed by atoms with E-state index in [1.54, 1.807) is 13.0 Å². The second-order valence-electron chi connectivity index (χ2n) is 11.8. The maximum absolute atomic E-state index is 12.6. The van der Waals surface area contributed by atoms with Crippen molar-refractivity contribution in [1.82, 2.24) is 15.0 Å². The molecular formula is C36H42N8O3S. The third kappa shape index (κ3) is 8.06. The average molecular weight is 667 g/mol. The summed E-state index contributed by atoms with van der Waals surface area (Å²) in [6.45, 7) is 12.4. The smallest absolute Gasteiger partial charge is 0.234 e. The Morgan fingerprint density at radius 3 is 2.33 bits per heavy atom. The lowest BCUT2D eigenvalue weighted by Gasteiger charge is -2.23. The molecule has 0 aliphatic heterocycles. The normalized spacial score (nSPS) is 11.7. The van der Waals surface area contributed by atoms with Crippen molar-refractivity contribution in [2.24, 2.45) is 10.2 Å². The molecule has 0 aliphatic rings. The molecule has 1 aromatic heterocycles. The van der Waals surface area contributed by atoms with Gasteiger partial charge >= 0.3 is 0 Å². The third-order valence-electron chi connectivity index (χ3n) is 7.81. The summed E-state index contributed by atoms with van der Waals surface area (Å²) in [5.74, 6) is 1.45. The van der Waals surface area contributed by atoms with Gasteiger partial charge in [0.25, 0.3) is 0 Å². The number of sulfone groups is 1. The van der Waals surface area contributed by atoms with E-state index in [4.69, 9.17) is 4.98 Å². The minimum absolute atomic E-state index is 0.0222. The number of para-hydroxylation sites is 1. The van der Waals surface area contributed by atoms with Gasteiger partial charge in [-0.2, -0.15) is 20.1 Å². The highest BCUT2D eigenvalue weighted by molar-refractivity contribution is 7.91. The van der Waals surface area contributed by atoms with Gasteiger partial charge in [-0.25, -0.2) is 8.42 Å². The van der Waals surface area contributed by atoms with Gasteiger partial charge < -0.3 is 20.6 Å². The third-order valence-corrected chi connectivity index (χ3v) is 9.65. The summed E-state index contributed by atoms with van der Waals surface area (Å²) in [7, 11) is -3.23. The zero-order valence-corrected chi connectivity index (χ0v) is 29.1. The topological polar surface area (TPSA) is 145 Å². The molecule has 0 amide bonds. The van der Waals surface area contributed by atoms with Crippen LogP contribution in [0.25, 0.3) is 10.8 Å². The number of nitrogens with zero attached hydrogens (tertiary/aromatic N) is 6. The van der Waals surface area contributed by atoms with Crippen molar-refractivity contribution in [3.05, 3.63) is 89.2 Å². The van der Waals surface area contributed by atoms with E-state index in [1.165, 1.54) is 0 Å². The fraction of sp³-hybridized carbons (Fsp3) is 0.306. The standard InChI is InChI=1S/C36H42N8O3S/c1-7-17-48(46,47)18-16-44(28-12-10-9-11-13-28)36-39-26(6)38-35(41-36)40-30-21-25(5)31(22-24(30)4)42-43-34-29(37-8-2)15-14-27-19-23(3)20-32(45)33(27)34/h9-15,19-22,37,45H,7-8,16-18H2,1-6H3,(H,38,39,40,41). The predicted molar refractivity (Wildman–Crippen MR) is 195 cm³/mol. The number of hydrogen-bond acceptors (Lipinski definition) is 11. The Hall–Kier alpha value is -5.10. The lowest BCUT2D eigenvalue weighted by Crippen LogP contribution is -2.28. The van der Waals surface area contributed by atoms with Crippen LogP contribution in [-0.2, 0) is 9.84 Å². The number of azo groups is 1. The van der Waals surface area contributed by atoms with Crippen LogP contribution >= 0.6 is 0 Å². The highest BCUT2D eigenvalue weighted by atomic mass is 32.2. The van der Waals surface area contributed by atoms with Crippen LogP contribution in [0.3, 0.4) is 0 Å². The summed E-state index contributed by atoms with van der Waals surface area (Å²) >= 11 is 0. The molecule has 0 saturated heterocycles. The second kappa shape index (κ2) is 14.8. The molecule has 1 heterocycles. The van der Waals surface area contributed by atoms with Crippen LogP contribution in [0.5, 0.6) is 5.75 Å². The quantitative estimate of drug-likeness (QED) is 0.105. The minimum atomic E-state index is -3.23. The predicted octanol–water partition coefficient (Wildman–Crippen LogP) is 8.52. The Bertz CT molecular complexity index is 2070. The van der Waals surface area contributed by atoms with Crippen LogP contribution in [-0.4, -0.2) is 53.1 Å². The first-order valence-corrected chi connectivity index (χ1v) is 17.9. The van der Waals surface area contributed by atoms with Crippen LogP contribution in [0.2, 0.25) is 0 Å². The summed E-state index contributed by atoms with van der Waals surface area (Å²) in [4.78, 5) is 15.6. The Kier molecular flexibility index (Phi) is 10.5. The maximum atomic E-state index is 12.6. The van der Waals surface area contributed by atoms with Crippen molar-refractivity contribution < 1.29 is 13.5 Å².